The predicted octanol–water partition coefficient (Wildman–Crippen LogP) is 6.20. The SMILES string of the molecule is FCOC(CCN(CF)C(F)(F)F)COc1ccccc1CCc1cccc(OC(F)(F)F)c1. The molecule has 1 unspecified atom stereocenters. The molecule has 0 aromatic heterocycles. The minimum atomic E-state index is -4.87. The molecule has 0 aliphatic carbocycles. The lowest BCUT2D eigenvalue weighted by Gasteiger charge is -2.24. The maximum atomic E-state index is 12.7. The Labute approximate surface area is 191 Å². The average molecular weight is 501 g/mol. The van der Waals surface area contributed by atoms with Crippen molar-refractivity contribution in [3.05, 3.63) is 59.7 Å². The van der Waals surface area contributed by atoms with E-state index in [1.54, 1.807) is 30.3 Å². The highest BCUT2D eigenvalue weighted by Gasteiger charge is 2.37. The Kier molecular flexibility index (Phi) is 10.4. The van der Waals surface area contributed by atoms with Crippen molar-refractivity contribution in [3.63, 3.8) is 0 Å². The summed E-state index contributed by atoms with van der Waals surface area (Å²) in [5.74, 6) is 0.0118. The number of hydrogen-bond acceptors (Lipinski definition) is 4. The number of halogens is 8. The van der Waals surface area contributed by atoms with Crippen molar-refractivity contribution in [2.45, 2.75) is 38.0 Å². The van der Waals surface area contributed by atoms with Crippen LogP contribution in [0, 0.1) is 0 Å². The summed E-state index contributed by atoms with van der Waals surface area (Å²) in [5.41, 5.74) is 1.25. The van der Waals surface area contributed by atoms with Crippen LogP contribution in [0.3, 0.4) is 0 Å². The molecule has 2 aromatic rings. The summed E-state index contributed by atoms with van der Waals surface area (Å²) >= 11 is 0. The van der Waals surface area contributed by atoms with E-state index in [1.165, 1.54) is 18.2 Å². The molecule has 34 heavy (non-hydrogen) atoms. The van der Waals surface area contributed by atoms with Gasteiger partial charge in [-0.15, -0.1) is 13.2 Å². The molecule has 190 valence electrons. The third kappa shape index (κ3) is 9.72. The van der Waals surface area contributed by atoms with Crippen LogP contribution in [0.1, 0.15) is 17.5 Å². The van der Waals surface area contributed by atoms with E-state index >= 15 is 0 Å². The number of hydrogen-bond donors (Lipinski definition) is 0. The normalized spacial score (nSPS) is 13.2. The maximum absolute atomic E-state index is 12.7. The third-order valence-corrected chi connectivity index (χ3v) is 4.73. The van der Waals surface area contributed by atoms with Crippen LogP contribution in [-0.2, 0) is 17.6 Å². The highest BCUT2D eigenvalue weighted by molar-refractivity contribution is 5.35. The summed E-state index contributed by atoms with van der Waals surface area (Å²) in [6.45, 7) is -4.03. The fraction of sp³-hybridized carbons (Fsp3) is 0.455. The molecule has 0 bridgehead atoms. The number of aryl methyl sites for hydroxylation is 2. The standard InChI is InChI=1S/C22H23F8NO3/c23-14-31(21(25,26)27)11-10-19(33-15-24)13-32-20-7-2-1-5-17(20)9-8-16-4-3-6-18(12-16)34-22(28,29)30/h1-7,12,19H,8-11,13-15H2. The van der Waals surface area contributed by atoms with Crippen LogP contribution < -0.4 is 9.47 Å². The van der Waals surface area contributed by atoms with E-state index in [0.717, 1.165) is 0 Å². The van der Waals surface area contributed by atoms with Gasteiger partial charge in [0.25, 0.3) is 0 Å². The fourth-order valence-electron chi connectivity index (χ4n) is 3.07. The Bertz CT molecular complexity index is 876. The summed E-state index contributed by atoms with van der Waals surface area (Å²) in [4.78, 5) is -0.369. The smallest absolute Gasteiger partial charge is 0.491 e. The van der Waals surface area contributed by atoms with Crippen molar-refractivity contribution in [3.8, 4) is 11.5 Å². The summed E-state index contributed by atoms with van der Waals surface area (Å²) in [7, 11) is 0. The van der Waals surface area contributed by atoms with E-state index in [0.29, 0.717) is 29.7 Å². The third-order valence-electron chi connectivity index (χ3n) is 4.73. The van der Waals surface area contributed by atoms with Crippen LogP contribution in [-0.4, -0.2) is 50.5 Å². The van der Waals surface area contributed by atoms with Gasteiger partial charge in [0.1, 0.15) is 24.9 Å². The van der Waals surface area contributed by atoms with Gasteiger partial charge < -0.3 is 14.2 Å². The van der Waals surface area contributed by atoms with Crippen LogP contribution in [0.2, 0.25) is 0 Å². The Balaban J connectivity index is 1.98. The lowest BCUT2D eigenvalue weighted by molar-refractivity contribution is -0.274. The summed E-state index contributed by atoms with van der Waals surface area (Å²) in [6.07, 6.45) is -10.4. The van der Waals surface area contributed by atoms with Crippen LogP contribution >= 0.6 is 0 Å². The van der Waals surface area contributed by atoms with Crippen LogP contribution in [0.5, 0.6) is 11.5 Å². The van der Waals surface area contributed by atoms with E-state index in [4.69, 9.17) is 9.47 Å². The van der Waals surface area contributed by atoms with Gasteiger partial charge in [0.15, 0.2) is 6.86 Å². The second-order valence-electron chi connectivity index (χ2n) is 7.15. The first-order chi connectivity index (χ1) is 16.0. The summed E-state index contributed by atoms with van der Waals surface area (Å²) in [6, 6.07) is 12.2. The highest BCUT2D eigenvalue weighted by atomic mass is 19.4. The van der Waals surface area contributed by atoms with Crippen molar-refractivity contribution >= 4 is 0 Å². The van der Waals surface area contributed by atoms with Gasteiger partial charge in [-0.05, 0) is 48.6 Å². The summed E-state index contributed by atoms with van der Waals surface area (Å²) < 4.78 is 115. The first-order valence-electron chi connectivity index (χ1n) is 10.1. The Morgan fingerprint density at radius 1 is 0.882 bits per heavy atom. The number of para-hydroxylation sites is 1. The number of benzene rings is 2. The molecule has 0 radical (unpaired) electrons. The van der Waals surface area contributed by atoms with Gasteiger partial charge in [0.2, 0.25) is 0 Å². The Morgan fingerprint density at radius 2 is 1.62 bits per heavy atom. The van der Waals surface area contributed by atoms with E-state index in [-0.39, 0.29) is 23.7 Å². The lowest BCUT2D eigenvalue weighted by atomic mass is 10.0. The van der Waals surface area contributed by atoms with Crippen molar-refractivity contribution in [2.75, 3.05) is 26.8 Å². The van der Waals surface area contributed by atoms with Gasteiger partial charge in [-0.3, -0.25) is 0 Å². The second kappa shape index (κ2) is 12.7. The van der Waals surface area contributed by atoms with Crippen LogP contribution in [0.15, 0.2) is 48.5 Å². The topological polar surface area (TPSA) is 30.9 Å². The van der Waals surface area contributed by atoms with E-state index in [9.17, 15) is 35.1 Å². The minimum absolute atomic E-state index is 0.284. The molecular weight excluding hydrogens is 478 g/mol. The molecular formula is C22H23F8NO3. The van der Waals surface area contributed by atoms with Crippen molar-refractivity contribution in [1.29, 1.82) is 0 Å². The minimum Gasteiger partial charge on any atom is -0.491 e. The second-order valence-corrected chi connectivity index (χ2v) is 7.15. The number of ether oxygens (including phenoxy) is 3. The van der Waals surface area contributed by atoms with Crippen LogP contribution in [0.25, 0.3) is 0 Å². The Hall–Kier alpha value is -2.60. The first-order valence-corrected chi connectivity index (χ1v) is 10.1. The number of alkyl halides is 8. The monoisotopic (exact) mass is 501 g/mol. The molecule has 1 atom stereocenters. The average Bonchev–Trinajstić information content (AvgIpc) is 2.75. The van der Waals surface area contributed by atoms with Gasteiger partial charge in [0.05, 0.1) is 6.10 Å². The van der Waals surface area contributed by atoms with Gasteiger partial charge >= 0.3 is 12.7 Å². The Morgan fingerprint density at radius 3 is 2.26 bits per heavy atom. The van der Waals surface area contributed by atoms with Crippen LogP contribution in [0.4, 0.5) is 35.1 Å². The van der Waals surface area contributed by atoms with Gasteiger partial charge in [0, 0.05) is 6.54 Å². The van der Waals surface area contributed by atoms with Crippen molar-refractivity contribution in [1.82, 2.24) is 4.90 Å². The molecule has 0 heterocycles. The molecule has 0 saturated heterocycles. The molecule has 4 nitrogen and oxygen atoms in total. The molecule has 0 saturated carbocycles. The molecule has 0 fully saturated rings. The number of nitrogens with zero attached hydrogens (tertiary/aromatic N) is 1. The zero-order chi connectivity index (χ0) is 25.2. The molecule has 0 spiro atoms. The predicted molar refractivity (Wildman–Crippen MR) is 107 cm³/mol. The fourth-order valence-corrected chi connectivity index (χ4v) is 3.07. The molecule has 2 aromatic carbocycles. The maximum Gasteiger partial charge on any atom is 0.573 e. The van der Waals surface area contributed by atoms with E-state index in [2.05, 4.69) is 4.74 Å². The lowest BCUT2D eigenvalue weighted by Crippen LogP contribution is -2.40. The molecule has 0 amide bonds. The van der Waals surface area contributed by atoms with E-state index < -0.39 is 39.0 Å². The summed E-state index contributed by atoms with van der Waals surface area (Å²) in [5, 5.41) is 0. The molecule has 0 aliphatic rings. The quantitative estimate of drug-likeness (QED) is 0.242. The first kappa shape index (κ1) is 27.6. The van der Waals surface area contributed by atoms with Crippen molar-refractivity contribution in [2.24, 2.45) is 0 Å². The molecule has 0 aliphatic heterocycles. The molecule has 2 rings (SSSR count). The molecule has 0 N–H and O–H groups in total. The zero-order valence-electron chi connectivity index (χ0n) is 17.8. The number of rotatable bonds is 13. The highest BCUT2D eigenvalue weighted by Crippen LogP contribution is 2.26. The van der Waals surface area contributed by atoms with Gasteiger partial charge in [-0.25, -0.2) is 8.78 Å². The van der Waals surface area contributed by atoms with E-state index in [1.807, 2.05) is 0 Å². The van der Waals surface area contributed by atoms with Gasteiger partial charge in [-0.1, -0.05) is 30.3 Å². The van der Waals surface area contributed by atoms with Crippen molar-refractivity contribution < 1.29 is 49.3 Å². The van der Waals surface area contributed by atoms with Gasteiger partial charge in [-0.2, -0.15) is 18.1 Å². The largest absolute Gasteiger partial charge is 0.573 e. The molecule has 12 heteroatoms. The zero-order valence-corrected chi connectivity index (χ0v) is 17.8.